The van der Waals surface area contributed by atoms with Crippen molar-refractivity contribution >= 4 is 10.1 Å². The van der Waals surface area contributed by atoms with Crippen LogP contribution in [0.15, 0.2) is 18.2 Å². The fraction of sp³-hybridized carbons (Fsp3) is 0.600. The number of nitrogens with one attached hydrogen (secondary N) is 1. The highest BCUT2D eigenvalue weighted by molar-refractivity contribution is 7.87. The molecule has 0 amide bonds. The van der Waals surface area contributed by atoms with Gasteiger partial charge in [-0.25, -0.2) is 0 Å². The van der Waals surface area contributed by atoms with Crippen LogP contribution in [0.2, 0.25) is 0 Å². The number of benzene rings is 1. The molecule has 6 nitrogen and oxygen atoms in total. The Hall–Kier alpha value is -1.31. The van der Waals surface area contributed by atoms with Gasteiger partial charge in [0, 0.05) is 18.2 Å². The van der Waals surface area contributed by atoms with Crippen LogP contribution in [-0.2, 0) is 16.5 Å². The molecule has 0 saturated carbocycles. The summed E-state index contributed by atoms with van der Waals surface area (Å²) in [7, 11) is -3.54. The Balaban J connectivity index is 1.96. The molecule has 2 atom stereocenters. The largest absolute Gasteiger partial charge is 0.487 e. The van der Waals surface area contributed by atoms with Gasteiger partial charge in [-0.05, 0) is 25.8 Å². The molecule has 0 aliphatic carbocycles. The predicted molar refractivity (Wildman–Crippen MR) is 83.8 cm³/mol. The van der Waals surface area contributed by atoms with Crippen molar-refractivity contribution in [2.75, 3.05) is 18.9 Å². The third-order valence-corrected chi connectivity index (χ3v) is 4.76. The summed E-state index contributed by atoms with van der Waals surface area (Å²) < 4.78 is 33.7. The first-order valence-corrected chi connectivity index (χ1v) is 9.07. The Labute approximate surface area is 131 Å². The van der Waals surface area contributed by atoms with Crippen LogP contribution >= 0.6 is 0 Å². The number of aryl methyl sites for hydroxylation is 1. The van der Waals surface area contributed by atoms with E-state index in [-0.39, 0.29) is 18.1 Å². The lowest BCUT2D eigenvalue weighted by Gasteiger charge is -2.21. The maximum absolute atomic E-state index is 11.6. The molecule has 0 fully saturated rings. The normalized spacial score (nSPS) is 18.9. The van der Waals surface area contributed by atoms with Crippen LogP contribution in [0.25, 0.3) is 0 Å². The van der Waals surface area contributed by atoms with Gasteiger partial charge >= 0.3 is 10.1 Å². The van der Waals surface area contributed by atoms with Crippen LogP contribution in [-0.4, -0.2) is 44.6 Å². The van der Waals surface area contributed by atoms with Gasteiger partial charge in [-0.1, -0.05) is 19.1 Å². The summed E-state index contributed by atoms with van der Waals surface area (Å²) in [5.74, 6) is 0.574. The third kappa shape index (κ3) is 4.59. The first-order valence-electron chi connectivity index (χ1n) is 7.49. The van der Waals surface area contributed by atoms with Gasteiger partial charge < -0.3 is 19.3 Å². The molecule has 1 aliphatic rings. The van der Waals surface area contributed by atoms with E-state index in [1.165, 1.54) is 0 Å². The molecule has 1 heterocycles. The smallest absolute Gasteiger partial charge is 0.309 e. The van der Waals surface area contributed by atoms with E-state index >= 15 is 0 Å². The molecule has 1 aromatic carbocycles. The zero-order chi connectivity index (χ0) is 16.2. The number of hydrogen-bond donors (Lipinski definition) is 2. The van der Waals surface area contributed by atoms with E-state index in [9.17, 15) is 13.5 Å². The van der Waals surface area contributed by atoms with E-state index in [1.54, 1.807) is 12.1 Å². The highest BCUT2D eigenvalue weighted by atomic mass is 32.2. The van der Waals surface area contributed by atoms with Crippen molar-refractivity contribution in [3.8, 4) is 11.5 Å². The summed E-state index contributed by atoms with van der Waals surface area (Å²) >= 11 is 0. The Morgan fingerprint density at radius 2 is 2.23 bits per heavy atom. The molecule has 2 unspecified atom stereocenters. The molecule has 1 aromatic rings. The molecule has 2 rings (SSSR count). The number of rotatable bonds is 7. The van der Waals surface area contributed by atoms with E-state index in [0.717, 1.165) is 12.0 Å². The van der Waals surface area contributed by atoms with Gasteiger partial charge in [0.2, 0.25) is 0 Å². The molecule has 2 N–H and O–H groups in total. The first kappa shape index (κ1) is 17.1. The summed E-state index contributed by atoms with van der Waals surface area (Å²) in [6.07, 6.45) is 0.711. The van der Waals surface area contributed by atoms with Crippen molar-refractivity contribution in [3.63, 3.8) is 0 Å². The van der Waals surface area contributed by atoms with Gasteiger partial charge in [0.05, 0.1) is 5.75 Å². The second-order valence-electron chi connectivity index (χ2n) is 5.52. The molecule has 0 aromatic heterocycles. The minimum Gasteiger partial charge on any atom is -0.487 e. The highest BCUT2D eigenvalue weighted by Crippen LogP contribution is 2.35. The van der Waals surface area contributed by atoms with Gasteiger partial charge in [0.15, 0.2) is 11.5 Å². The second kappa shape index (κ2) is 7.30. The molecule has 22 heavy (non-hydrogen) atoms. The van der Waals surface area contributed by atoms with Crippen molar-refractivity contribution in [2.45, 2.75) is 38.8 Å². The molecule has 0 saturated heterocycles. The summed E-state index contributed by atoms with van der Waals surface area (Å²) in [6.45, 7) is 4.60. The molecule has 0 spiro atoms. The molecular weight excluding hydrogens is 306 g/mol. The van der Waals surface area contributed by atoms with Gasteiger partial charge in [-0.15, -0.1) is 0 Å². The SMILES string of the molecule is CCC(C)NCC(O)COc1cccc2c1OS(=O)(=O)CC2. The zero-order valence-electron chi connectivity index (χ0n) is 12.9. The monoisotopic (exact) mass is 329 g/mol. The Morgan fingerprint density at radius 3 is 2.95 bits per heavy atom. The van der Waals surface area contributed by atoms with Crippen LogP contribution < -0.4 is 14.2 Å². The fourth-order valence-corrected chi connectivity index (χ4v) is 3.09. The first-order chi connectivity index (χ1) is 10.4. The van der Waals surface area contributed by atoms with Crippen molar-refractivity contribution in [1.29, 1.82) is 0 Å². The minimum atomic E-state index is -3.54. The summed E-state index contributed by atoms with van der Waals surface area (Å²) in [5, 5.41) is 13.1. The average molecular weight is 329 g/mol. The Bertz CT molecular complexity index is 602. The minimum absolute atomic E-state index is 0.0229. The quantitative estimate of drug-likeness (QED) is 0.728. The molecular formula is C15H23NO5S. The predicted octanol–water partition coefficient (Wildman–Crippen LogP) is 1.08. The van der Waals surface area contributed by atoms with Crippen LogP contribution in [0.4, 0.5) is 0 Å². The van der Waals surface area contributed by atoms with Gasteiger partial charge in [0.1, 0.15) is 12.7 Å². The van der Waals surface area contributed by atoms with Crippen molar-refractivity contribution in [2.24, 2.45) is 0 Å². The third-order valence-electron chi connectivity index (χ3n) is 3.64. The number of aliphatic hydroxyl groups excluding tert-OH is 1. The highest BCUT2D eigenvalue weighted by Gasteiger charge is 2.25. The van der Waals surface area contributed by atoms with Crippen molar-refractivity contribution in [3.05, 3.63) is 23.8 Å². The van der Waals surface area contributed by atoms with Gasteiger partial charge in [0.25, 0.3) is 0 Å². The number of ether oxygens (including phenoxy) is 1. The van der Waals surface area contributed by atoms with E-state index in [1.807, 2.05) is 13.0 Å². The maximum Gasteiger partial charge on any atom is 0.309 e. The number of fused-ring (bicyclic) bond motifs is 1. The lowest BCUT2D eigenvalue weighted by molar-refractivity contribution is 0.103. The molecule has 124 valence electrons. The number of hydrogen-bond acceptors (Lipinski definition) is 6. The molecule has 1 aliphatic heterocycles. The van der Waals surface area contributed by atoms with Gasteiger partial charge in [-0.3, -0.25) is 0 Å². The summed E-state index contributed by atoms with van der Waals surface area (Å²) in [6, 6.07) is 5.58. The van der Waals surface area contributed by atoms with E-state index in [2.05, 4.69) is 12.2 Å². The van der Waals surface area contributed by atoms with Crippen LogP contribution in [0.3, 0.4) is 0 Å². The van der Waals surface area contributed by atoms with Crippen molar-refractivity contribution < 1.29 is 22.4 Å². The van der Waals surface area contributed by atoms with Gasteiger partial charge in [-0.2, -0.15) is 8.42 Å². The van der Waals surface area contributed by atoms with Crippen LogP contribution in [0.5, 0.6) is 11.5 Å². The molecule has 0 bridgehead atoms. The number of para-hydroxylation sites is 1. The lowest BCUT2D eigenvalue weighted by atomic mass is 10.1. The Kier molecular flexibility index (Phi) is 5.66. The van der Waals surface area contributed by atoms with Crippen LogP contribution in [0.1, 0.15) is 25.8 Å². The lowest BCUT2D eigenvalue weighted by Crippen LogP contribution is -2.36. The Morgan fingerprint density at radius 1 is 1.45 bits per heavy atom. The number of aliphatic hydroxyl groups is 1. The zero-order valence-corrected chi connectivity index (χ0v) is 13.7. The van der Waals surface area contributed by atoms with E-state index in [0.29, 0.717) is 24.8 Å². The topological polar surface area (TPSA) is 84.9 Å². The fourth-order valence-electron chi connectivity index (χ4n) is 2.10. The van der Waals surface area contributed by atoms with E-state index in [4.69, 9.17) is 8.92 Å². The summed E-state index contributed by atoms with van der Waals surface area (Å²) in [5.41, 5.74) is 0.805. The maximum atomic E-state index is 11.6. The van der Waals surface area contributed by atoms with E-state index < -0.39 is 16.2 Å². The molecule has 0 radical (unpaired) electrons. The standard InChI is InChI=1S/C15H23NO5S/c1-3-11(2)16-9-13(17)10-20-14-6-4-5-12-7-8-22(18,19)21-15(12)14/h4-6,11,13,16-17H,3,7-10H2,1-2H3. The average Bonchev–Trinajstić information content (AvgIpc) is 2.49. The van der Waals surface area contributed by atoms with Crippen LogP contribution in [0, 0.1) is 0 Å². The summed E-state index contributed by atoms with van der Waals surface area (Å²) in [4.78, 5) is 0. The van der Waals surface area contributed by atoms with Crippen molar-refractivity contribution in [1.82, 2.24) is 5.32 Å². The molecule has 7 heteroatoms. The second-order valence-corrected chi connectivity index (χ2v) is 7.21.